The van der Waals surface area contributed by atoms with Crippen LogP contribution in [0.1, 0.15) is 55.4 Å². The summed E-state index contributed by atoms with van der Waals surface area (Å²) in [6, 6.07) is 22.8. The van der Waals surface area contributed by atoms with Gasteiger partial charge in [0.25, 0.3) is 5.91 Å². The number of benzene rings is 3. The van der Waals surface area contributed by atoms with Crippen molar-refractivity contribution >= 4 is 44.1 Å². The van der Waals surface area contributed by atoms with E-state index in [-0.39, 0.29) is 5.91 Å². The highest BCUT2D eigenvalue weighted by molar-refractivity contribution is 9.10. The highest BCUT2D eigenvalue weighted by Gasteiger charge is 2.33. The number of thiophene rings is 1. The predicted molar refractivity (Wildman–Crippen MR) is 159 cm³/mol. The molecule has 1 aromatic heterocycles. The number of rotatable bonds is 7. The number of carbonyl (C=O) groups excluding carboxylic acids is 2. The fraction of sp³-hybridized carbons (Fsp3) is 0.226. The van der Waals surface area contributed by atoms with Crippen molar-refractivity contribution in [2.24, 2.45) is 0 Å². The number of carbonyl (C=O) groups is 2. The molecule has 2 aliphatic heterocycles. The summed E-state index contributed by atoms with van der Waals surface area (Å²) in [6.45, 7) is 4.91. The first-order valence-corrected chi connectivity index (χ1v) is 14.8. The molecule has 2 aliphatic rings. The van der Waals surface area contributed by atoms with Crippen LogP contribution in [0.2, 0.25) is 0 Å². The molecule has 6 rings (SSSR count). The van der Waals surface area contributed by atoms with E-state index >= 15 is 0 Å². The van der Waals surface area contributed by atoms with Crippen LogP contribution in [0.4, 0.5) is 5.00 Å². The fourth-order valence-corrected chi connectivity index (χ4v) is 6.69. The number of fused-ring (bicyclic) bond motifs is 3. The average molecular weight is 619 g/mol. The second-order valence-electron chi connectivity index (χ2n) is 9.74. The van der Waals surface area contributed by atoms with Crippen molar-refractivity contribution in [1.82, 2.24) is 10.2 Å². The van der Waals surface area contributed by atoms with Gasteiger partial charge in [0.15, 0.2) is 11.5 Å². The van der Waals surface area contributed by atoms with Crippen molar-refractivity contribution in [3.05, 3.63) is 110 Å². The van der Waals surface area contributed by atoms with Gasteiger partial charge in [-0.3, -0.25) is 9.69 Å². The Morgan fingerprint density at radius 2 is 1.85 bits per heavy atom. The Hall–Kier alpha value is -3.66. The van der Waals surface area contributed by atoms with Gasteiger partial charge in [-0.2, -0.15) is 0 Å². The lowest BCUT2D eigenvalue weighted by Gasteiger charge is -2.29. The molecule has 1 atom stereocenters. The zero-order valence-corrected chi connectivity index (χ0v) is 24.3. The highest BCUT2D eigenvalue weighted by atomic mass is 79.9. The smallest absolute Gasteiger partial charge is 0.343 e. The summed E-state index contributed by atoms with van der Waals surface area (Å²) in [4.78, 5) is 29.7. The second-order valence-corrected chi connectivity index (χ2v) is 11.8. The Morgan fingerprint density at radius 1 is 1.05 bits per heavy atom. The van der Waals surface area contributed by atoms with Crippen molar-refractivity contribution in [2.45, 2.75) is 32.6 Å². The van der Waals surface area contributed by atoms with E-state index in [1.54, 1.807) is 41.7 Å². The number of halogens is 1. The van der Waals surface area contributed by atoms with Crippen LogP contribution < -0.4 is 20.1 Å². The number of nitrogens with one attached hydrogen (secondary N) is 2. The normalized spacial score (nSPS) is 16.4. The molecule has 3 heterocycles. The van der Waals surface area contributed by atoms with Crippen molar-refractivity contribution in [3.8, 4) is 11.5 Å². The predicted octanol–water partition coefficient (Wildman–Crippen LogP) is 6.54. The SMILES string of the molecule is CCOc1cc([C@H]2NC(=O)c3c(sc4c3CCN(Cc3ccccc3)C4)N2)ccc1OC(=O)c1ccc(Br)cc1. The summed E-state index contributed by atoms with van der Waals surface area (Å²) in [7, 11) is 0. The molecule has 0 bridgehead atoms. The lowest BCUT2D eigenvalue weighted by molar-refractivity contribution is 0.0728. The Balaban J connectivity index is 1.20. The zero-order valence-electron chi connectivity index (χ0n) is 21.9. The van der Waals surface area contributed by atoms with E-state index in [1.165, 1.54) is 10.4 Å². The van der Waals surface area contributed by atoms with Gasteiger partial charge in [-0.15, -0.1) is 11.3 Å². The van der Waals surface area contributed by atoms with Gasteiger partial charge in [-0.05, 0) is 66.4 Å². The van der Waals surface area contributed by atoms with E-state index in [0.717, 1.165) is 52.2 Å². The molecule has 0 radical (unpaired) electrons. The van der Waals surface area contributed by atoms with E-state index in [1.807, 2.05) is 25.1 Å². The number of anilines is 1. The first-order valence-electron chi connectivity index (χ1n) is 13.2. The maximum Gasteiger partial charge on any atom is 0.343 e. The molecule has 4 aromatic rings. The van der Waals surface area contributed by atoms with Gasteiger partial charge in [-0.1, -0.05) is 52.3 Å². The number of esters is 1. The molecular formula is C31H28BrN3O4S. The zero-order chi connectivity index (χ0) is 27.6. The van der Waals surface area contributed by atoms with Crippen LogP contribution in [0.3, 0.4) is 0 Å². The van der Waals surface area contributed by atoms with Crippen LogP contribution in [0, 0.1) is 0 Å². The lowest BCUT2D eigenvalue weighted by Crippen LogP contribution is -2.38. The standard InChI is InChI=1S/C31H28BrN3O4S/c1-2-38-25-16-21(10-13-24(25)39-31(37)20-8-11-22(32)12-9-20)28-33-29(36)27-23-14-15-35(17-19-6-4-3-5-7-19)18-26(23)40-30(27)34-28/h3-13,16,28,34H,2,14-15,17-18H2,1H3,(H,33,36)/t28-/m0/s1. The van der Waals surface area contributed by atoms with Gasteiger partial charge in [0.1, 0.15) is 11.2 Å². The largest absolute Gasteiger partial charge is 0.490 e. The first-order chi connectivity index (χ1) is 19.5. The van der Waals surface area contributed by atoms with E-state index in [9.17, 15) is 9.59 Å². The molecule has 0 fully saturated rings. The summed E-state index contributed by atoms with van der Waals surface area (Å²) in [5.74, 6) is 0.220. The van der Waals surface area contributed by atoms with Crippen molar-refractivity contribution in [2.75, 3.05) is 18.5 Å². The number of hydrogen-bond donors (Lipinski definition) is 2. The molecule has 204 valence electrons. The Morgan fingerprint density at radius 3 is 2.62 bits per heavy atom. The lowest BCUT2D eigenvalue weighted by atomic mass is 10.00. The van der Waals surface area contributed by atoms with Crippen LogP contribution in [0.5, 0.6) is 11.5 Å². The van der Waals surface area contributed by atoms with Crippen molar-refractivity contribution < 1.29 is 19.1 Å². The monoisotopic (exact) mass is 617 g/mol. The van der Waals surface area contributed by atoms with Gasteiger partial charge in [0.2, 0.25) is 0 Å². The number of ether oxygens (including phenoxy) is 2. The van der Waals surface area contributed by atoms with Gasteiger partial charge < -0.3 is 20.1 Å². The van der Waals surface area contributed by atoms with Crippen LogP contribution in [0.15, 0.2) is 77.3 Å². The van der Waals surface area contributed by atoms with Crippen LogP contribution in [-0.4, -0.2) is 29.9 Å². The minimum atomic E-state index is -0.472. The van der Waals surface area contributed by atoms with E-state index in [0.29, 0.717) is 23.7 Å². The molecule has 0 unspecified atom stereocenters. The fourth-order valence-electron chi connectivity index (χ4n) is 5.11. The molecule has 0 aliphatic carbocycles. The molecular weight excluding hydrogens is 590 g/mol. The van der Waals surface area contributed by atoms with E-state index in [4.69, 9.17) is 9.47 Å². The summed E-state index contributed by atoms with van der Waals surface area (Å²) < 4.78 is 12.4. The molecule has 40 heavy (non-hydrogen) atoms. The topological polar surface area (TPSA) is 79.9 Å². The van der Waals surface area contributed by atoms with Gasteiger partial charge >= 0.3 is 5.97 Å². The number of hydrogen-bond acceptors (Lipinski definition) is 7. The number of nitrogens with zero attached hydrogens (tertiary/aromatic N) is 1. The van der Waals surface area contributed by atoms with Crippen molar-refractivity contribution in [1.29, 1.82) is 0 Å². The minimum absolute atomic E-state index is 0.0727. The maximum atomic E-state index is 13.3. The quantitative estimate of drug-likeness (QED) is 0.181. The molecule has 0 spiro atoms. The molecule has 1 amide bonds. The molecule has 0 saturated carbocycles. The Kier molecular flexibility index (Phi) is 7.60. The summed E-state index contributed by atoms with van der Waals surface area (Å²) in [5, 5.41) is 7.53. The Bertz CT molecular complexity index is 1560. The van der Waals surface area contributed by atoms with Gasteiger partial charge in [0.05, 0.1) is 17.7 Å². The first kappa shape index (κ1) is 26.6. The van der Waals surface area contributed by atoms with Crippen LogP contribution >= 0.6 is 27.3 Å². The van der Waals surface area contributed by atoms with Gasteiger partial charge in [-0.25, -0.2) is 4.79 Å². The molecule has 0 saturated heterocycles. The third kappa shape index (κ3) is 5.50. The van der Waals surface area contributed by atoms with Gasteiger partial charge in [0, 0.05) is 29.0 Å². The van der Waals surface area contributed by atoms with E-state index < -0.39 is 12.1 Å². The second kappa shape index (κ2) is 11.4. The molecule has 9 heteroatoms. The Labute approximate surface area is 245 Å². The van der Waals surface area contributed by atoms with E-state index in [2.05, 4.69) is 55.7 Å². The maximum absolute atomic E-state index is 13.3. The third-order valence-electron chi connectivity index (χ3n) is 7.05. The van der Waals surface area contributed by atoms with Crippen LogP contribution in [-0.2, 0) is 19.5 Å². The minimum Gasteiger partial charge on any atom is -0.490 e. The van der Waals surface area contributed by atoms with Crippen molar-refractivity contribution in [3.63, 3.8) is 0 Å². The third-order valence-corrected chi connectivity index (χ3v) is 8.72. The highest BCUT2D eigenvalue weighted by Crippen LogP contribution is 2.42. The molecule has 3 aromatic carbocycles. The average Bonchev–Trinajstić information content (AvgIpc) is 3.33. The summed E-state index contributed by atoms with van der Waals surface area (Å²) in [6.07, 6.45) is 0.414. The molecule has 2 N–H and O–H groups in total. The van der Waals surface area contributed by atoms with Crippen LogP contribution in [0.25, 0.3) is 0 Å². The summed E-state index contributed by atoms with van der Waals surface area (Å²) >= 11 is 5.04. The summed E-state index contributed by atoms with van der Waals surface area (Å²) in [5.41, 5.74) is 4.45. The molecule has 7 nitrogen and oxygen atoms in total. The number of amides is 1.